The van der Waals surface area contributed by atoms with Crippen molar-refractivity contribution in [3.8, 4) is 0 Å². The number of rotatable bonds is 4. The van der Waals surface area contributed by atoms with Gasteiger partial charge in [-0.05, 0) is 13.1 Å². The molecule has 9 heavy (non-hydrogen) atoms. The Kier molecular flexibility index (Phi) is 5.70. The molecule has 0 heterocycles. The van der Waals surface area contributed by atoms with E-state index in [4.69, 9.17) is 0 Å². The van der Waals surface area contributed by atoms with Gasteiger partial charge in [-0.2, -0.15) is 0 Å². The lowest BCUT2D eigenvalue weighted by molar-refractivity contribution is 0.481. The van der Waals surface area contributed by atoms with Crippen LogP contribution in [0.5, 0.6) is 0 Å². The molecule has 0 aliphatic rings. The molecular weight excluding hydrogens is 160 g/mol. The van der Waals surface area contributed by atoms with Gasteiger partial charge in [0.2, 0.25) is 0 Å². The standard InChI is InChI=1S/C4H18N2Si3/c1-3-5(4-2)9-6(7)8/h3-4,9H2,1-2,7-8H3. The molecule has 0 atom stereocenters. The van der Waals surface area contributed by atoms with Crippen LogP contribution < -0.4 is 0 Å². The van der Waals surface area contributed by atoms with Crippen molar-refractivity contribution in [3.63, 3.8) is 0 Å². The first-order chi connectivity index (χ1) is 4.20. The second-order valence-corrected chi connectivity index (χ2v) is 12.3. The fraction of sp³-hybridized carbons (Fsp3) is 1.00. The minimum atomic E-state index is 0.0502. The molecule has 0 fully saturated rings. The quantitative estimate of drug-likeness (QED) is 0.429. The van der Waals surface area contributed by atoms with Crippen molar-refractivity contribution < 1.29 is 0 Å². The van der Waals surface area contributed by atoms with Gasteiger partial charge in [0.1, 0.15) is 0 Å². The van der Waals surface area contributed by atoms with Crippen molar-refractivity contribution >= 4 is 30.7 Å². The zero-order valence-electron chi connectivity index (χ0n) is 7.02. The van der Waals surface area contributed by atoms with E-state index in [0.717, 1.165) is 0 Å². The van der Waals surface area contributed by atoms with Gasteiger partial charge in [0, 0.05) is 0 Å². The van der Waals surface area contributed by atoms with Gasteiger partial charge in [0.05, 0.1) is 20.8 Å². The lowest BCUT2D eigenvalue weighted by Gasteiger charge is -2.21. The highest BCUT2D eigenvalue weighted by Gasteiger charge is 1.98. The molecular formula is C4H18N2Si3. The Morgan fingerprint density at radius 2 is 1.67 bits per heavy atom. The van der Waals surface area contributed by atoms with Crippen molar-refractivity contribution in [3.05, 3.63) is 0 Å². The molecule has 0 radical (unpaired) electrons. The summed E-state index contributed by atoms with van der Waals surface area (Å²) in [6, 6.07) is 0. The molecule has 0 aliphatic heterocycles. The molecule has 0 aliphatic carbocycles. The lowest BCUT2D eigenvalue weighted by Crippen LogP contribution is -2.38. The zero-order valence-corrected chi connectivity index (χ0v) is 12.4. The lowest BCUT2D eigenvalue weighted by atomic mass is 10.7. The summed E-state index contributed by atoms with van der Waals surface area (Å²) in [4.78, 5) is 0. The molecule has 5 heteroatoms. The Bertz CT molecular complexity index is 64.8. The van der Waals surface area contributed by atoms with Crippen molar-refractivity contribution in [1.29, 1.82) is 0 Å². The normalized spacial score (nSPS) is 13.3. The van der Waals surface area contributed by atoms with E-state index >= 15 is 0 Å². The molecule has 0 saturated heterocycles. The van der Waals surface area contributed by atoms with Gasteiger partial charge in [-0.1, -0.05) is 13.8 Å². The van der Waals surface area contributed by atoms with Crippen LogP contribution in [0.1, 0.15) is 13.8 Å². The Labute approximate surface area is 66.6 Å². The van der Waals surface area contributed by atoms with Gasteiger partial charge in [-0.3, -0.25) is 0 Å². The first-order valence-corrected chi connectivity index (χ1v) is 6.63. The molecule has 2 nitrogen and oxygen atoms in total. The Balaban J connectivity index is 3.31. The third-order valence-corrected chi connectivity index (χ3v) is 4.93. The second-order valence-electron chi connectivity index (χ2n) is 2.52. The summed E-state index contributed by atoms with van der Waals surface area (Å²) >= 11 is 0. The van der Waals surface area contributed by atoms with Crippen LogP contribution in [0.3, 0.4) is 0 Å². The van der Waals surface area contributed by atoms with E-state index < -0.39 is 0 Å². The van der Waals surface area contributed by atoms with E-state index in [0.29, 0.717) is 0 Å². The summed E-state index contributed by atoms with van der Waals surface area (Å²) in [6.07, 6.45) is 0. The monoisotopic (exact) mass is 178 g/mol. The Morgan fingerprint density at radius 3 is 1.78 bits per heavy atom. The molecule has 0 unspecified atom stereocenters. The predicted molar refractivity (Wildman–Crippen MR) is 53.2 cm³/mol. The molecule has 0 bridgehead atoms. The van der Waals surface area contributed by atoms with Crippen LogP contribution in [0.25, 0.3) is 0 Å². The largest absolute Gasteiger partial charge is 0.376 e. The van der Waals surface area contributed by atoms with Crippen LogP contribution in [0, 0.1) is 0 Å². The maximum atomic E-state index is 2.60. The van der Waals surface area contributed by atoms with E-state index in [1.165, 1.54) is 33.9 Å². The van der Waals surface area contributed by atoms with E-state index in [1.807, 2.05) is 0 Å². The van der Waals surface area contributed by atoms with Crippen molar-refractivity contribution in [2.75, 3.05) is 13.1 Å². The van der Waals surface area contributed by atoms with Crippen LogP contribution in [0.2, 0.25) is 0 Å². The van der Waals surface area contributed by atoms with Crippen LogP contribution in [-0.2, 0) is 0 Å². The van der Waals surface area contributed by atoms with Gasteiger partial charge in [-0.15, -0.1) is 0 Å². The molecule has 0 aromatic rings. The van der Waals surface area contributed by atoms with Crippen molar-refractivity contribution in [2.45, 2.75) is 13.8 Å². The summed E-state index contributed by atoms with van der Waals surface area (Å²) in [6.45, 7) is 7.01. The molecule has 0 saturated carbocycles. The summed E-state index contributed by atoms with van der Waals surface area (Å²) in [5, 5.41) is 0. The van der Waals surface area contributed by atoms with E-state index in [-0.39, 0.29) is 9.84 Å². The van der Waals surface area contributed by atoms with Gasteiger partial charge >= 0.3 is 0 Å². The summed E-state index contributed by atoms with van der Waals surface area (Å²) < 4.78 is 5.19. The summed E-state index contributed by atoms with van der Waals surface area (Å²) in [5.74, 6) is 0. The van der Waals surface area contributed by atoms with E-state index in [2.05, 4.69) is 22.3 Å². The van der Waals surface area contributed by atoms with Gasteiger partial charge in [0.15, 0.2) is 9.84 Å². The fourth-order valence-corrected chi connectivity index (χ4v) is 4.42. The number of nitrogens with zero attached hydrogens (tertiary/aromatic N) is 2. The van der Waals surface area contributed by atoms with E-state index in [1.54, 1.807) is 0 Å². The third kappa shape index (κ3) is 5.04. The van der Waals surface area contributed by atoms with Crippen LogP contribution in [-0.4, -0.2) is 52.2 Å². The van der Waals surface area contributed by atoms with Crippen LogP contribution in [0.15, 0.2) is 0 Å². The summed E-state index contributed by atoms with van der Waals surface area (Å²) in [7, 11) is 2.63. The maximum Gasteiger partial charge on any atom is 0.158 e. The first kappa shape index (κ1) is 9.57. The van der Waals surface area contributed by atoms with E-state index in [9.17, 15) is 0 Å². The van der Waals surface area contributed by atoms with Gasteiger partial charge in [-0.25, -0.2) is 0 Å². The molecule has 0 spiro atoms. The van der Waals surface area contributed by atoms with Gasteiger partial charge < -0.3 is 8.46 Å². The SMILES string of the molecule is CCN(CC)[SiH2]N([SiH3])[SiH3]. The number of hydrogen-bond acceptors (Lipinski definition) is 2. The van der Waals surface area contributed by atoms with Crippen LogP contribution in [0.4, 0.5) is 0 Å². The third-order valence-electron chi connectivity index (χ3n) is 1.38. The smallest absolute Gasteiger partial charge is 0.158 e. The highest BCUT2D eigenvalue weighted by atomic mass is 28.3. The highest BCUT2D eigenvalue weighted by molar-refractivity contribution is 6.50. The molecule has 0 rings (SSSR count). The zero-order chi connectivity index (χ0) is 7.28. The Morgan fingerprint density at radius 1 is 1.22 bits per heavy atom. The maximum absolute atomic E-state index is 2.60. The molecule has 0 aromatic carbocycles. The topological polar surface area (TPSA) is 6.48 Å². The summed E-state index contributed by atoms with van der Waals surface area (Å²) in [5.41, 5.74) is 0. The van der Waals surface area contributed by atoms with Gasteiger partial charge in [0.25, 0.3) is 0 Å². The Hall–Kier alpha value is 0.571. The molecule has 0 amide bonds. The minimum Gasteiger partial charge on any atom is -0.376 e. The van der Waals surface area contributed by atoms with Crippen molar-refractivity contribution in [1.82, 2.24) is 8.46 Å². The average molecular weight is 178 g/mol. The second kappa shape index (κ2) is 5.36. The number of hydrogen-bond donors (Lipinski definition) is 0. The fourth-order valence-electron chi connectivity index (χ4n) is 0.824. The molecule has 0 aromatic heterocycles. The van der Waals surface area contributed by atoms with Crippen LogP contribution >= 0.6 is 0 Å². The average Bonchev–Trinajstić information content (AvgIpc) is 1.82. The minimum absolute atomic E-state index is 0.0502. The molecule has 0 N–H and O–H groups in total. The predicted octanol–water partition coefficient (Wildman–Crippen LogP) is -2.81. The highest BCUT2D eigenvalue weighted by Crippen LogP contribution is 1.82. The molecule has 56 valence electrons. The van der Waals surface area contributed by atoms with Crippen molar-refractivity contribution in [2.24, 2.45) is 0 Å². The first-order valence-electron chi connectivity index (χ1n) is 3.57.